The van der Waals surface area contributed by atoms with Crippen LogP contribution in [0.3, 0.4) is 0 Å². The van der Waals surface area contributed by atoms with Gasteiger partial charge in [-0.05, 0) is 58.6 Å². The van der Waals surface area contributed by atoms with Gasteiger partial charge < -0.3 is 8.98 Å². The number of fused-ring (bicyclic) bond motifs is 6. The van der Waals surface area contributed by atoms with Gasteiger partial charge in [-0.1, -0.05) is 182 Å². The number of rotatable bonds is 7. The molecule has 12 aromatic rings. The van der Waals surface area contributed by atoms with Gasteiger partial charge in [-0.3, -0.25) is 0 Å². The summed E-state index contributed by atoms with van der Waals surface area (Å²) in [7, 11) is 0. The lowest BCUT2D eigenvalue weighted by Gasteiger charge is -2.16. The summed E-state index contributed by atoms with van der Waals surface area (Å²) in [5.74, 6) is 1.76. The second kappa shape index (κ2) is 14.7. The van der Waals surface area contributed by atoms with E-state index in [1.54, 1.807) is 4.57 Å². The van der Waals surface area contributed by atoms with Crippen LogP contribution in [0.5, 0.6) is 0 Å². The van der Waals surface area contributed by atoms with Gasteiger partial charge in [0.05, 0.1) is 24.9 Å². The molecule has 3 heterocycles. The molecule has 0 bridgehead atoms. The molecule has 0 aliphatic carbocycles. The highest BCUT2D eigenvalue weighted by molar-refractivity contribution is 6.12. The third-order valence-corrected chi connectivity index (χ3v) is 11.4. The van der Waals surface area contributed by atoms with E-state index in [1.165, 1.54) is 12.1 Å². The predicted octanol–water partition coefficient (Wildman–Crippen LogP) is 14.9. The Hall–Kier alpha value is -8.41. The molecule has 0 spiro atoms. The summed E-state index contributed by atoms with van der Waals surface area (Å²) in [4.78, 5) is 14.8. The number of benzene rings is 9. The van der Waals surface area contributed by atoms with Crippen LogP contribution >= 0.6 is 0 Å². The van der Waals surface area contributed by atoms with Gasteiger partial charge in [-0.15, -0.1) is 0 Å². The second-order valence-electron chi connectivity index (χ2n) is 15.1. The van der Waals surface area contributed by atoms with Crippen LogP contribution in [0.25, 0.3) is 117 Å². The Morgan fingerprint density at radius 3 is 1.55 bits per heavy atom. The fraction of sp³-hybridized carbons (Fsp3) is 0. The molecule has 0 aliphatic heterocycles. The van der Waals surface area contributed by atoms with Gasteiger partial charge >= 0.3 is 0 Å². The average molecular weight is 799 g/mol. The molecule has 0 aliphatic rings. The number of furan rings is 1. The maximum Gasteiger partial charge on any atom is 0.164 e. The van der Waals surface area contributed by atoms with Crippen molar-refractivity contribution in [3.63, 3.8) is 0 Å². The molecule has 12 rings (SSSR count). The normalized spacial score (nSPS) is 12.9. The largest absolute Gasteiger partial charge is 0.455 e. The van der Waals surface area contributed by atoms with Crippen molar-refractivity contribution in [2.75, 3.05) is 0 Å². The second-order valence-corrected chi connectivity index (χ2v) is 15.1. The van der Waals surface area contributed by atoms with Crippen LogP contribution in [0.4, 0.5) is 0 Å². The Labute approximate surface area is 366 Å². The molecule has 0 radical (unpaired) electrons. The SMILES string of the molecule is [2H]c1cc([2H])c2c(c1[2H])c1c([2H])c([2H])cc([2H])c1n2-c1ccc(-c2ccc(-c3cccc(-c4nc(-c5ccccc5)nc(-c5ccccc5)n4)c3)cc2)cc1-c1cccc2c1oc1ccccc12. The highest BCUT2D eigenvalue weighted by Gasteiger charge is 2.20. The molecular formula is C57H36N4O. The minimum Gasteiger partial charge on any atom is -0.455 e. The molecule has 0 atom stereocenters. The molecule has 0 saturated carbocycles. The van der Waals surface area contributed by atoms with Crippen molar-refractivity contribution < 1.29 is 12.6 Å². The van der Waals surface area contributed by atoms with Gasteiger partial charge in [-0.25, -0.2) is 15.0 Å². The van der Waals surface area contributed by atoms with Gasteiger partial charge in [-0.2, -0.15) is 0 Å². The number of para-hydroxylation sites is 4. The third-order valence-electron chi connectivity index (χ3n) is 11.4. The summed E-state index contributed by atoms with van der Waals surface area (Å²) < 4.78 is 61.9. The van der Waals surface area contributed by atoms with Gasteiger partial charge in [0.2, 0.25) is 0 Å². The first-order valence-corrected chi connectivity index (χ1v) is 20.3. The molecule has 0 N–H and O–H groups in total. The van der Waals surface area contributed by atoms with Crippen molar-refractivity contribution in [1.29, 1.82) is 0 Å². The summed E-state index contributed by atoms with van der Waals surface area (Å²) in [6, 6.07) is 58.2. The van der Waals surface area contributed by atoms with Gasteiger partial charge in [0.15, 0.2) is 17.5 Å². The minimum absolute atomic E-state index is 0.0251. The minimum atomic E-state index is -0.166. The van der Waals surface area contributed by atoms with Crippen molar-refractivity contribution in [1.82, 2.24) is 19.5 Å². The summed E-state index contributed by atoms with van der Waals surface area (Å²) >= 11 is 0. The lowest BCUT2D eigenvalue weighted by molar-refractivity contribution is 0.670. The molecule has 9 aromatic carbocycles. The fourth-order valence-corrected chi connectivity index (χ4v) is 8.47. The topological polar surface area (TPSA) is 56.7 Å². The molecule has 290 valence electrons. The van der Waals surface area contributed by atoms with E-state index in [2.05, 4.69) is 42.5 Å². The van der Waals surface area contributed by atoms with E-state index in [0.29, 0.717) is 28.7 Å². The summed E-state index contributed by atoms with van der Waals surface area (Å²) in [5, 5.41) is 2.29. The molecule has 0 amide bonds. The molecule has 3 aromatic heterocycles. The first kappa shape index (κ1) is 29.7. The molecule has 5 heteroatoms. The Morgan fingerprint density at radius 2 is 0.887 bits per heavy atom. The van der Waals surface area contributed by atoms with E-state index in [1.807, 2.05) is 127 Å². The molecule has 0 unspecified atom stereocenters. The predicted molar refractivity (Wildman–Crippen MR) is 254 cm³/mol. The highest BCUT2D eigenvalue weighted by atomic mass is 16.3. The number of aromatic nitrogens is 4. The van der Waals surface area contributed by atoms with Crippen molar-refractivity contribution in [3.8, 4) is 73.2 Å². The van der Waals surface area contributed by atoms with Crippen LogP contribution in [0.2, 0.25) is 0 Å². The Kier molecular flexibility index (Phi) is 7.05. The van der Waals surface area contributed by atoms with E-state index >= 15 is 0 Å². The smallest absolute Gasteiger partial charge is 0.164 e. The summed E-state index contributed by atoms with van der Waals surface area (Å²) in [5.41, 5.74) is 10.5. The van der Waals surface area contributed by atoms with E-state index in [9.17, 15) is 2.74 Å². The molecule has 62 heavy (non-hydrogen) atoms. The van der Waals surface area contributed by atoms with Gasteiger partial charge in [0.25, 0.3) is 0 Å². The van der Waals surface area contributed by atoms with E-state index in [0.717, 1.165) is 66.4 Å². The van der Waals surface area contributed by atoms with Crippen LogP contribution in [0.15, 0.2) is 223 Å². The van der Waals surface area contributed by atoms with Crippen molar-refractivity contribution >= 4 is 43.7 Å². The summed E-state index contributed by atoms with van der Waals surface area (Å²) in [6.45, 7) is 0. The first-order valence-electron chi connectivity index (χ1n) is 23.3. The fourth-order valence-electron chi connectivity index (χ4n) is 8.47. The van der Waals surface area contributed by atoms with E-state index in [-0.39, 0.29) is 58.1 Å². The first-order chi connectivity index (χ1) is 33.2. The maximum atomic E-state index is 9.20. The molecular weight excluding hydrogens is 757 g/mol. The number of nitrogens with zero attached hydrogens (tertiary/aromatic N) is 4. The zero-order valence-corrected chi connectivity index (χ0v) is 33.0. The maximum absolute atomic E-state index is 9.20. The Morgan fingerprint density at radius 1 is 0.371 bits per heavy atom. The van der Waals surface area contributed by atoms with E-state index in [4.69, 9.17) is 24.9 Å². The highest BCUT2D eigenvalue weighted by Crippen LogP contribution is 2.42. The van der Waals surface area contributed by atoms with Crippen molar-refractivity contribution in [2.24, 2.45) is 0 Å². The number of hydrogen-bond donors (Lipinski definition) is 0. The Bertz CT molecular complexity index is 3850. The van der Waals surface area contributed by atoms with Crippen LogP contribution in [0.1, 0.15) is 8.22 Å². The van der Waals surface area contributed by atoms with Crippen LogP contribution in [-0.2, 0) is 0 Å². The quantitative estimate of drug-likeness (QED) is 0.161. The summed E-state index contributed by atoms with van der Waals surface area (Å²) in [6.07, 6.45) is 0. The van der Waals surface area contributed by atoms with Crippen molar-refractivity contribution in [3.05, 3.63) is 218 Å². The molecule has 5 nitrogen and oxygen atoms in total. The zero-order valence-electron chi connectivity index (χ0n) is 39.0. The van der Waals surface area contributed by atoms with Crippen LogP contribution < -0.4 is 0 Å². The Balaban J connectivity index is 1.01. The van der Waals surface area contributed by atoms with Gasteiger partial charge in [0, 0.05) is 49.4 Å². The lowest BCUT2D eigenvalue weighted by atomic mass is 9.94. The van der Waals surface area contributed by atoms with Crippen LogP contribution in [0, 0.1) is 0 Å². The van der Waals surface area contributed by atoms with Crippen LogP contribution in [-0.4, -0.2) is 19.5 Å². The standard InChI is InChI=1S/C57H36N4O/c1-3-15-39(16-4-1)55-58-56(40-17-5-2-6-18-40)60-57(59-55)43-20-13-19-41(35-43)37-29-31-38(32-30-37)42-33-34-52(61-50-26-10-7-21-44(50)45-22-8-11-27-51(45)61)49(36-42)48-25-14-24-47-46-23-9-12-28-53(46)62-54(47)48/h1-36H/i7D,8D,21D,22D,26D,27D. The van der Waals surface area contributed by atoms with Crippen molar-refractivity contribution in [2.45, 2.75) is 0 Å². The molecule has 0 fully saturated rings. The van der Waals surface area contributed by atoms with E-state index < -0.39 is 0 Å². The number of hydrogen-bond acceptors (Lipinski definition) is 4. The third kappa shape index (κ3) is 6.06. The zero-order chi connectivity index (χ0) is 46.2. The lowest BCUT2D eigenvalue weighted by Crippen LogP contribution is -2.00. The average Bonchev–Trinajstić information content (AvgIpc) is 3.96. The molecule has 0 saturated heterocycles. The monoisotopic (exact) mass is 798 g/mol. The van der Waals surface area contributed by atoms with Gasteiger partial charge in [0.1, 0.15) is 11.2 Å².